The number of allylic oxidation sites excluding steroid dienone is 1. The number of carboxylic acids is 1. The van der Waals surface area contributed by atoms with Crippen LogP contribution in [0.25, 0.3) is 0 Å². The zero-order valence-electron chi connectivity index (χ0n) is 7.48. The normalized spacial score (nSPS) is 23.2. The number of hydrogen-bond acceptors (Lipinski definition) is 4. The summed E-state index contributed by atoms with van der Waals surface area (Å²) in [6.07, 6.45) is 1.38. The second-order valence-corrected chi connectivity index (χ2v) is 4.90. The van der Waals surface area contributed by atoms with E-state index in [0.717, 1.165) is 6.08 Å². The van der Waals surface area contributed by atoms with Gasteiger partial charge in [0.15, 0.2) is 0 Å². The maximum Gasteiger partial charge on any atom is 0.331 e. The van der Waals surface area contributed by atoms with E-state index in [1.165, 1.54) is 0 Å². The van der Waals surface area contributed by atoms with E-state index in [2.05, 4.69) is 0 Å². The molecule has 0 fully saturated rings. The molecule has 1 heterocycles. The van der Waals surface area contributed by atoms with Crippen LogP contribution in [0.2, 0.25) is 0 Å². The fourth-order valence-electron chi connectivity index (χ4n) is 1.57. The first-order valence-corrected chi connectivity index (χ1v) is 5.64. The zero-order valence-corrected chi connectivity index (χ0v) is 8.30. The second kappa shape index (κ2) is 2.93. The van der Waals surface area contributed by atoms with E-state index in [1.807, 2.05) is 4.72 Å². The van der Waals surface area contributed by atoms with Gasteiger partial charge in [0.1, 0.15) is 0 Å². The van der Waals surface area contributed by atoms with Crippen molar-refractivity contribution < 1.29 is 23.1 Å². The van der Waals surface area contributed by atoms with Crippen LogP contribution < -0.4 is 4.72 Å². The minimum atomic E-state index is -3.82. The van der Waals surface area contributed by atoms with Crippen LogP contribution in [0.4, 0.5) is 0 Å². The van der Waals surface area contributed by atoms with Gasteiger partial charge in [0.2, 0.25) is 0 Å². The third-order valence-corrected chi connectivity index (χ3v) is 3.71. The van der Waals surface area contributed by atoms with Gasteiger partial charge in [-0.05, 0) is 18.9 Å². The topological polar surface area (TPSA) is 101 Å². The predicted molar refractivity (Wildman–Crippen MR) is 49.0 cm³/mol. The van der Waals surface area contributed by atoms with Crippen LogP contribution in [0.3, 0.4) is 0 Å². The molecule has 2 N–H and O–H groups in total. The van der Waals surface area contributed by atoms with Crippen LogP contribution in [0.5, 0.6) is 0 Å². The Labute approximate surface area is 85.3 Å². The van der Waals surface area contributed by atoms with Crippen LogP contribution in [-0.2, 0) is 19.6 Å². The molecule has 6 nitrogen and oxygen atoms in total. The summed E-state index contributed by atoms with van der Waals surface area (Å²) in [6.45, 7) is 0. The molecular weight excluding hydrogens is 222 g/mol. The van der Waals surface area contributed by atoms with E-state index in [-0.39, 0.29) is 28.9 Å². The van der Waals surface area contributed by atoms with Crippen molar-refractivity contribution in [3.05, 3.63) is 22.1 Å². The number of nitrogens with one attached hydrogen (secondary N) is 1. The molecule has 0 aromatic heterocycles. The molecule has 0 spiro atoms. The summed E-state index contributed by atoms with van der Waals surface area (Å²) in [5, 5.41) is 8.70. The molecule has 80 valence electrons. The third kappa shape index (κ3) is 1.44. The van der Waals surface area contributed by atoms with Crippen LogP contribution in [0.15, 0.2) is 22.1 Å². The minimum absolute atomic E-state index is 0.00817. The van der Waals surface area contributed by atoms with Gasteiger partial charge in [-0.3, -0.25) is 4.79 Å². The molecule has 0 saturated heterocycles. The monoisotopic (exact) mass is 229 g/mol. The average molecular weight is 229 g/mol. The summed E-state index contributed by atoms with van der Waals surface area (Å²) in [6, 6.07) is 0. The first-order valence-electron chi connectivity index (χ1n) is 4.16. The summed E-state index contributed by atoms with van der Waals surface area (Å²) in [5.41, 5.74) is 0.161. The van der Waals surface area contributed by atoms with Gasteiger partial charge in [0.25, 0.3) is 15.9 Å². The predicted octanol–water partition coefficient (Wildman–Crippen LogP) is -0.495. The number of rotatable bonds is 1. The van der Waals surface area contributed by atoms with Crippen LogP contribution >= 0.6 is 0 Å². The molecule has 0 radical (unpaired) electrons. The summed E-state index contributed by atoms with van der Waals surface area (Å²) in [7, 11) is -3.82. The van der Waals surface area contributed by atoms with Gasteiger partial charge in [-0.1, -0.05) is 0 Å². The zero-order chi connectivity index (χ0) is 11.2. The highest BCUT2D eigenvalue weighted by atomic mass is 32.2. The smallest absolute Gasteiger partial charge is 0.331 e. The molecule has 1 aliphatic carbocycles. The maximum absolute atomic E-state index is 11.3. The highest BCUT2D eigenvalue weighted by Gasteiger charge is 2.36. The highest BCUT2D eigenvalue weighted by molar-refractivity contribution is 7.94. The minimum Gasteiger partial charge on any atom is -0.478 e. The van der Waals surface area contributed by atoms with Gasteiger partial charge in [0.05, 0.1) is 4.91 Å². The molecule has 1 aliphatic heterocycles. The number of carboxylic acid groups (broad SMARTS) is 1. The average Bonchev–Trinajstić information content (AvgIpc) is 2.37. The van der Waals surface area contributed by atoms with Gasteiger partial charge in [-0.15, -0.1) is 0 Å². The van der Waals surface area contributed by atoms with Crippen LogP contribution in [0, 0.1) is 0 Å². The molecular formula is C8H7NO5S. The SMILES string of the molecule is O=C(O)C1=CC2=C(CC1)C(=O)NS2(=O)=O. The number of hydrogen-bond donors (Lipinski definition) is 2. The molecule has 0 saturated carbocycles. The second-order valence-electron chi connectivity index (χ2n) is 3.25. The quantitative estimate of drug-likeness (QED) is 0.631. The summed E-state index contributed by atoms with van der Waals surface area (Å²) in [5.74, 6) is -1.80. The van der Waals surface area contributed by atoms with Gasteiger partial charge in [-0.2, -0.15) is 0 Å². The molecule has 15 heavy (non-hydrogen) atoms. The van der Waals surface area contributed by atoms with Crippen molar-refractivity contribution in [1.82, 2.24) is 4.72 Å². The van der Waals surface area contributed by atoms with Crippen molar-refractivity contribution in [2.24, 2.45) is 0 Å². The first-order chi connectivity index (χ1) is 6.92. The molecule has 0 bridgehead atoms. The molecule has 2 aliphatic rings. The Morgan fingerprint density at radius 1 is 1.40 bits per heavy atom. The molecule has 1 amide bonds. The van der Waals surface area contributed by atoms with Gasteiger partial charge < -0.3 is 5.11 Å². The lowest BCUT2D eigenvalue weighted by molar-refractivity contribution is -0.132. The number of sulfonamides is 1. The number of aliphatic carboxylic acids is 1. The van der Waals surface area contributed by atoms with E-state index in [9.17, 15) is 18.0 Å². The van der Waals surface area contributed by atoms with Gasteiger partial charge in [0, 0.05) is 11.1 Å². The Balaban J connectivity index is 2.57. The Morgan fingerprint density at radius 3 is 2.67 bits per heavy atom. The Morgan fingerprint density at radius 2 is 2.07 bits per heavy atom. The lowest BCUT2D eigenvalue weighted by Crippen LogP contribution is -2.22. The van der Waals surface area contributed by atoms with E-state index < -0.39 is 21.9 Å². The molecule has 0 aromatic carbocycles. The fourth-order valence-corrected chi connectivity index (χ4v) is 2.87. The summed E-state index contributed by atoms with van der Waals surface area (Å²) >= 11 is 0. The lowest BCUT2D eigenvalue weighted by atomic mass is 9.98. The van der Waals surface area contributed by atoms with Crippen molar-refractivity contribution in [1.29, 1.82) is 0 Å². The Bertz CT molecular complexity index is 525. The molecule has 2 rings (SSSR count). The van der Waals surface area contributed by atoms with Crippen molar-refractivity contribution in [3.8, 4) is 0 Å². The third-order valence-electron chi connectivity index (χ3n) is 2.31. The van der Waals surface area contributed by atoms with Crippen molar-refractivity contribution in [2.45, 2.75) is 12.8 Å². The number of carbonyl (C=O) groups is 2. The number of amides is 1. The fraction of sp³-hybridized carbons (Fsp3) is 0.250. The van der Waals surface area contributed by atoms with E-state index in [4.69, 9.17) is 5.11 Å². The van der Waals surface area contributed by atoms with E-state index in [1.54, 1.807) is 0 Å². The highest BCUT2D eigenvalue weighted by Crippen LogP contribution is 2.31. The molecule has 7 heteroatoms. The van der Waals surface area contributed by atoms with Gasteiger partial charge in [-0.25, -0.2) is 17.9 Å². The van der Waals surface area contributed by atoms with Gasteiger partial charge >= 0.3 is 5.97 Å². The van der Waals surface area contributed by atoms with Crippen LogP contribution in [-0.4, -0.2) is 25.4 Å². The van der Waals surface area contributed by atoms with Crippen molar-refractivity contribution in [3.63, 3.8) is 0 Å². The Kier molecular flexibility index (Phi) is 1.93. The number of carbonyl (C=O) groups excluding carboxylic acids is 1. The maximum atomic E-state index is 11.3. The van der Waals surface area contributed by atoms with Crippen molar-refractivity contribution >= 4 is 21.9 Å². The summed E-state index contributed by atoms with van der Waals surface area (Å²) < 4.78 is 24.5. The first kappa shape index (κ1) is 9.91. The Hall–Kier alpha value is -1.63. The standard InChI is InChI=1S/C8H7NO5S/c10-7-5-2-1-4(8(11)12)3-6(5)15(13,14)9-7/h3H,1-2H2,(H,9,10)(H,11,12). The molecule has 0 aromatic rings. The van der Waals surface area contributed by atoms with Crippen LogP contribution in [0.1, 0.15) is 12.8 Å². The largest absolute Gasteiger partial charge is 0.478 e. The van der Waals surface area contributed by atoms with E-state index >= 15 is 0 Å². The van der Waals surface area contributed by atoms with E-state index in [0.29, 0.717) is 0 Å². The molecule has 0 atom stereocenters. The molecule has 0 unspecified atom stereocenters. The van der Waals surface area contributed by atoms with Crippen molar-refractivity contribution in [2.75, 3.05) is 0 Å². The lowest BCUT2D eigenvalue weighted by Gasteiger charge is -2.08. The summed E-state index contributed by atoms with van der Waals surface area (Å²) in [4.78, 5) is 21.6.